The Morgan fingerprint density at radius 1 is 0.979 bits per heavy atom. The lowest BCUT2D eigenvalue weighted by atomic mass is 9.95. The summed E-state index contributed by atoms with van der Waals surface area (Å²) in [4.78, 5) is 24.7. The van der Waals surface area contributed by atoms with E-state index in [9.17, 15) is 14.7 Å². The first-order chi connectivity index (χ1) is 23.3. The first-order valence-electron chi connectivity index (χ1n) is 15.3. The molecule has 250 valence electrons. The van der Waals surface area contributed by atoms with Crippen LogP contribution in [-0.4, -0.2) is 57.0 Å². The van der Waals surface area contributed by atoms with E-state index in [1.165, 1.54) is 13.3 Å². The van der Waals surface area contributed by atoms with Crippen LogP contribution in [0.4, 0.5) is 4.79 Å². The number of ether oxygens (including phenoxy) is 5. The van der Waals surface area contributed by atoms with Crippen LogP contribution < -0.4 is 35.0 Å². The Morgan fingerprint density at radius 2 is 1.77 bits per heavy atom. The van der Waals surface area contributed by atoms with E-state index in [0.29, 0.717) is 53.0 Å². The van der Waals surface area contributed by atoms with Crippen LogP contribution in [0.5, 0.6) is 23.0 Å². The first kappa shape index (κ1) is 33.6. The van der Waals surface area contributed by atoms with Crippen LogP contribution in [-0.2, 0) is 16.1 Å². The summed E-state index contributed by atoms with van der Waals surface area (Å²) in [6.45, 7) is 3.92. The van der Waals surface area contributed by atoms with Gasteiger partial charge in [0.1, 0.15) is 13.2 Å². The number of benzene rings is 4. The molecule has 1 heterocycles. The largest absolute Gasteiger partial charge is 0.493 e. The highest BCUT2D eigenvalue weighted by molar-refractivity contribution is 5.95. The molecule has 2 atom stereocenters. The van der Waals surface area contributed by atoms with Gasteiger partial charge in [-0.1, -0.05) is 54.6 Å². The number of esters is 1. The third kappa shape index (κ3) is 7.78. The monoisotopic (exact) mass is 654 g/mol. The van der Waals surface area contributed by atoms with E-state index in [1.807, 2.05) is 43.3 Å². The molecule has 4 N–H and O–H groups in total. The van der Waals surface area contributed by atoms with E-state index >= 15 is 0 Å². The molecule has 1 aliphatic heterocycles. The number of aliphatic hydroxyl groups excluding tert-OH is 1. The van der Waals surface area contributed by atoms with E-state index < -0.39 is 24.3 Å². The van der Waals surface area contributed by atoms with Crippen molar-refractivity contribution in [1.82, 2.24) is 16.1 Å². The predicted octanol–water partition coefficient (Wildman–Crippen LogP) is 4.95. The van der Waals surface area contributed by atoms with Gasteiger partial charge in [0, 0.05) is 11.3 Å². The van der Waals surface area contributed by atoms with Crippen molar-refractivity contribution in [2.45, 2.75) is 32.7 Å². The molecule has 0 unspecified atom stereocenters. The quantitative estimate of drug-likeness (QED) is 0.0642. The molecule has 0 bridgehead atoms. The smallest absolute Gasteiger partial charge is 0.337 e. The second-order valence-corrected chi connectivity index (χ2v) is 10.7. The Kier molecular flexibility index (Phi) is 11.0. The second-order valence-electron chi connectivity index (χ2n) is 10.7. The number of hydrogen-bond donors (Lipinski definition) is 4. The zero-order valence-electron chi connectivity index (χ0n) is 27.1. The minimum absolute atomic E-state index is 0.171. The molecule has 0 saturated heterocycles. The van der Waals surface area contributed by atoms with Crippen molar-refractivity contribution in [3.05, 3.63) is 107 Å². The van der Waals surface area contributed by atoms with Gasteiger partial charge >= 0.3 is 12.0 Å². The van der Waals surface area contributed by atoms with Crippen molar-refractivity contribution in [2.75, 3.05) is 27.4 Å². The van der Waals surface area contributed by atoms with E-state index in [-0.39, 0.29) is 12.2 Å². The number of nitrogens with one attached hydrogen (secondary N) is 3. The molecular weight excluding hydrogens is 616 g/mol. The van der Waals surface area contributed by atoms with Gasteiger partial charge in [-0.3, -0.25) is 5.43 Å². The number of hydrogen-bond acceptors (Lipinski definition) is 10. The highest BCUT2D eigenvalue weighted by atomic mass is 16.5. The van der Waals surface area contributed by atoms with E-state index in [4.69, 9.17) is 23.7 Å². The van der Waals surface area contributed by atoms with Crippen LogP contribution in [0.2, 0.25) is 0 Å². The van der Waals surface area contributed by atoms with Gasteiger partial charge in [0.05, 0.1) is 38.7 Å². The number of urea groups is 1. The number of hydrazone groups is 1. The zero-order chi connectivity index (χ0) is 34.0. The molecule has 0 saturated carbocycles. The standard InChI is InChI=1S/C36H38N4O8/c1-5-46-30-18-24(33-32(35(42)45-4)22(2)38-36(43)39-33)16-17-28(30)47-21-31(41)40-37-19-25-12-9-15-29(44-3)34(25)48-20-26-13-8-11-23-10-6-7-14-27(23)26/h6-19,31,33,40-41H,5,20-21H2,1-4H3,(H2,38,39,43)/b37-19+/t31-,33+/m0/s1. The summed E-state index contributed by atoms with van der Waals surface area (Å²) in [5.74, 6) is 1.20. The Labute approximate surface area is 278 Å². The van der Waals surface area contributed by atoms with Gasteiger partial charge in [0.2, 0.25) is 0 Å². The van der Waals surface area contributed by atoms with Gasteiger partial charge in [-0.25, -0.2) is 9.59 Å². The lowest BCUT2D eigenvalue weighted by molar-refractivity contribution is -0.136. The number of nitrogens with zero attached hydrogens (tertiary/aromatic N) is 1. The maximum Gasteiger partial charge on any atom is 0.337 e. The number of carbonyl (C=O) groups excluding carboxylic acids is 2. The molecule has 0 fully saturated rings. The minimum atomic E-state index is -1.18. The Balaban J connectivity index is 1.25. The summed E-state index contributed by atoms with van der Waals surface area (Å²) in [6, 6.07) is 23.5. The number of amides is 2. The number of allylic oxidation sites excluding steroid dienone is 1. The van der Waals surface area contributed by atoms with Crippen LogP contribution >= 0.6 is 0 Å². The Bertz CT molecular complexity index is 1840. The molecule has 48 heavy (non-hydrogen) atoms. The summed E-state index contributed by atoms with van der Waals surface area (Å²) in [5, 5.41) is 22.4. The highest BCUT2D eigenvalue weighted by Gasteiger charge is 2.32. The maximum absolute atomic E-state index is 12.5. The zero-order valence-corrected chi connectivity index (χ0v) is 27.1. The van der Waals surface area contributed by atoms with Crippen LogP contribution in [0.15, 0.2) is 95.2 Å². The molecule has 0 aliphatic carbocycles. The molecule has 12 heteroatoms. The van der Waals surface area contributed by atoms with Gasteiger partial charge in [0.15, 0.2) is 29.2 Å². The van der Waals surface area contributed by atoms with Crippen LogP contribution in [0.25, 0.3) is 10.8 Å². The van der Waals surface area contributed by atoms with Gasteiger partial charge in [-0.05, 0) is 60.0 Å². The summed E-state index contributed by atoms with van der Waals surface area (Å²) in [7, 11) is 2.85. The van der Waals surface area contributed by atoms with Gasteiger partial charge in [-0.2, -0.15) is 5.10 Å². The predicted molar refractivity (Wildman–Crippen MR) is 180 cm³/mol. The maximum atomic E-state index is 12.5. The third-order valence-corrected chi connectivity index (χ3v) is 7.58. The highest BCUT2D eigenvalue weighted by Crippen LogP contribution is 2.35. The van der Waals surface area contributed by atoms with Gasteiger partial charge in [-0.15, -0.1) is 0 Å². The molecule has 5 rings (SSSR count). The van der Waals surface area contributed by atoms with Crippen LogP contribution in [0.3, 0.4) is 0 Å². The van der Waals surface area contributed by atoms with Crippen molar-refractivity contribution in [2.24, 2.45) is 5.10 Å². The van der Waals surface area contributed by atoms with E-state index in [1.54, 1.807) is 38.3 Å². The molecule has 12 nitrogen and oxygen atoms in total. The van der Waals surface area contributed by atoms with E-state index in [0.717, 1.165) is 16.3 Å². The summed E-state index contributed by atoms with van der Waals surface area (Å²) in [5.41, 5.74) is 5.58. The van der Waals surface area contributed by atoms with Crippen molar-refractivity contribution >= 4 is 29.0 Å². The van der Waals surface area contributed by atoms with Crippen LogP contribution in [0.1, 0.15) is 36.6 Å². The number of fused-ring (bicyclic) bond motifs is 1. The normalized spacial score (nSPS) is 15.0. The number of carbonyl (C=O) groups is 2. The Morgan fingerprint density at radius 3 is 2.56 bits per heavy atom. The second kappa shape index (κ2) is 15.7. The van der Waals surface area contributed by atoms with Crippen molar-refractivity contribution in [1.29, 1.82) is 0 Å². The molecule has 0 radical (unpaired) electrons. The van der Waals surface area contributed by atoms with E-state index in [2.05, 4.69) is 39.4 Å². The SMILES string of the molecule is CCOc1cc([C@H]2NC(=O)NC(C)=C2C(=O)OC)ccc1OC[C@H](O)N/N=C/c1cccc(OC)c1OCc1cccc2ccccc12. The lowest BCUT2D eigenvalue weighted by Crippen LogP contribution is -2.45. The van der Waals surface area contributed by atoms with Crippen molar-refractivity contribution < 1.29 is 38.4 Å². The minimum Gasteiger partial charge on any atom is -0.493 e. The molecule has 1 aliphatic rings. The third-order valence-electron chi connectivity index (χ3n) is 7.58. The van der Waals surface area contributed by atoms with Gasteiger partial charge < -0.3 is 39.4 Å². The fraction of sp³-hybridized carbons (Fsp3) is 0.250. The average molecular weight is 655 g/mol. The van der Waals surface area contributed by atoms with Crippen LogP contribution in [0, 0.1) is 0 Å². The molecule has 4 aromatic carbocycles. The molecule has 4 aromatic rings. The number of methoxy groups -OCH3 is 2. The first-order valence-corrected chi connectivity index (χ1v) is 15.3. The Hall–Kier alpha value is -5.75. The molecule has 0 spiro atoms. The average Bonchev–Trinajstić information content (AvgIpc) is 3.09. The van der Waals surface area contributed by atoms with Crippen molar-refractivity contribution in [3.63, 3.8) is 0 Å². The summed E-state index contributed by atoms with van der Waals surface area (Å²) in [6.07, 6.45) is 0.355. The van der Waals surface area contributed by atoms with Crippen molar-refractivity contribution in [3.8, 4) is 23.0 Å². The lowest BCUT2D eigenvalue weighted by Gasteiger charge is -2.28. The summed E-state index contributed by atoms with van der Waals surface area (Å²) >= 11 is 0. The molecular formula is C36H38N4O8. The number of rotatable bonds is 14. The number of para-hydroxylation sites is 1. The fourth-order valence-electron chi connectivity index (χ4n) is 5.33. The van der Waals surface area contributed by atoms with Gasteiger partial charge in [0.25, 0.3) is 0 Å². The fourth-order valence-corrected chi connectivity index (χ4v) is 5.33. The molecule has 2 amide bonds. The summed E-state index contributed by atoms with van der Waals surface area (Å²) < 4.78 is 28.4. The molecule has 0 aromatic heterocycles. The topological polar surface area (TPSA) is 149 Å². The number of aliphatic hydroxyl groups is 1.